The summed E-state index contributed by atoms with van der Waals surface area (Å²) in [5, 5.41) is 3.65. The molecule has 0 amide bonds. The highest BCUT2D eigenvalue weighted by atomic mass is 32.1. The van der Waals surface area contributed by atoms with Gasteiger partial charge in [0.2, 0.25) is 0 Å². The van der Waals surface area contributed by atoms with Gasteiger partial charge in [-0.3, -0.25) is 0 Å². The summed E-state index contributed by atoms with van der Waals surface area (Å²) in [4.78, 5) is 4.26. The summed E-state index contributed by atoms with van der Waals surface area (Å²) in [6.45, 7) is 8.74. The summed E-state index contributed by atoms with van der Waals surface area (Å²) in [5.41, 5.74) is 3.69. The van der Waals surface area contributed by atoms with Crippen LogP contribution in [0.2, 0.25) is 0 Å². The van der Waals surface area contributed by atoms with Gasteiger partial charge in [-0.2, -0.15) is 0 Å². The average molecular weight is 360 g/mol. The van der Waals surface area contributed by atoms with Crippen LogP contribution < -0.4 is 10.2 Å². The van der Waals surface area contributed by atoms with E-state index in [4.69, 9.17) is 12.2 Å². The first-order chi connectivity index (χ1) is 11.9. The number of rotatable bonds is 6. The molecule has 3 nitrogen and oxygen atoms in total. The SMILES string of the molecule is CCN(CC)c1ccc(CN(C)C(=S)Nc2ccc(C)c(F)c2)cc1. The van der Waals surface area contributed by atoms with Crippen molar-refractivity contribution in [2.75, 3.05) is 30.4 Å². The molecule has 2 aromatic carbocycles. The van der Waals surface area contributed by atoms with Gasteiger partial charge in [-0.1, -0.05) is 18.2 Å². The lowest BCUT2D eigenvalue weighted by atomic mass is 10.2. The summed E-state index contributed by atoms with van der Waals surface area (Å²) < 4.78 is 13.6. The number of nitrogens with one attached hydrogen (secondary N) is 1. The number of benzene rings is 2. The van der Waals surface area contributed by atoms with Crippen molar-refractivity contribution >= 4 is 28.7 Å². The Kier molecular flexibility index (Phi) is 6.76. The molecule has 0 radical (unpaired) electrons. The van der Waals surface area contributed by atoms with Crippen molar-refractivity contribution in [2.24, 2.45) is 0 Å². The largest absolute Gasteiger partial charge is 0.372 e. The Labute approximate surface area is 155 Å². The zero-order valence-corrected chi connectivity index (χ0v) is 16.2. The van der Waals surface area contributed by atoms with Crippen LogP contribution >= 0.6 is 12.2 Å². The molecule has 0 aromatic heterocycles. The number of halogens is 1. The molecule has 0 fully saturated rings. The normalized spacial score (nSPS) is 10.4. The number of thiocarbonyl (C=S) groups is 1. The highest BCUT2D eigenvalue weighted by Gasteiger charge is 2.08. The second-order valence-electron chi connectivity index (χ2n) is 6.09. The molecule has 134 valence electrons. The minimum atomic E-state index is -0.234. The van der Waals surface area contributed by atoms with Gasteiger partial charge in [-0.15, -0.1) is 0 Å². The summed E-state index contributed by atoms with van der Waals surface area (Å²) in [7, 11) is 1.93. The van der Waals surface area contributed by atoms with Crippen LogP contribution in [0.4, 0.5) is 15.8 Å². The molecular formula is C20H26FN3S. The van der Waals surface area contributed by atoms with E-state index in [-0.39, 0.29) is 5.82 Å². The molecule has 0 heterocycles. The molecule has 0 saturated heterocycles. The standard InChI is InChI=1S/C20H26FN3S/c1-5-24(6-2)18-11-8-16(9-12-18)14-23(4)20(25)22-17-10-7-15(3)19(21)13-17/h7-13H,5-6,14H2,1-4H3,(H,22,25). The molecule has 0 saturated carbocycles. The molecule has 2 rings (SSSR count). The van der Waals surface area contributed by atoms with Crippen LogP contribution in [0.15, 0.2) is 42.5 Å². The van der Waals surface area contributed by atoms with Gasteiger partial charge in [0.05, 0.1) is 0 Å². The third kappa shape index (κ3) is 5.16. The van der Waals surface area contributed by atoms with Crippen molar-refractivity contribution < 1.29 is 4.39 Å². The van der Waals surface area contributed by atoms with Crippen LogP contribution in [0, 0.1) is 12.7 Å². The van der Waals surface area contributed by atoms with Gasteiger partial charge in [0.15, 0.2) is 5.11 Å². The first-order valence-corrected chi connectivity index (χ1v) is 8.97. The summed E-state index contributed by atoms with van der Waals surface area (Å²) in [5.74, 6) is -0.234. The van der Waals surface area contributed by atoms with Crippen LogP contribution in [0.1, 0.15) is 25.0 Å². The van der Waals surface area contributed by atoms with E-state index in [1.807, 2.05) is 18.0 Å². The van der Waals surface area contributed by atoms with E-state index in [9.17, 15) is 4.39 Å². The van der Waals surface area contributed by atoms with Crippen molar-refractivity contribution in [1.29, 1.82) is 0 Å². The van der Waals surface area contributed by atoms with Gasteiger partial charge in [-0.25, -0.2) is 4.39 Å². The number of hydrogen-bond donors (Lipinski definition) is 1. The summed E-state index contributed by atoms with van der Waals surface area (Å²) in [6, 6.07) is 13.6. The van der Waals surface area contributed by atoms with Crippen LogP contribution in [0.3, 0.4) is 0 Å². The molecule has 0 spiro atoms. The highest BCUT2D eigenvalue weighted by molar-refractivity contribution is 7.80. The maximum atomic E-state index is 13.6. The van der Waals surface area contributed by atoms with Gasteiger partial charge in [-0.05, 0) is 68.4 Å². The molecule has 0 bridgehead atoms. The molecular weight excluding hydrogens is 333 g/mol. The quantitative estimate of drug-likeness (QED) is 0.746. The van der Waals surface area contributed by atoms with E-state index in [2.05, 4.69) is 48.3 Å². The van der Waals surface area contributed by atoms with Crippen molar-refractivity contribution in [3.63, 3.8) is 0 Å². The van der Waals surface area contributed by atoms with Crippen molar-refractivity contribution in [3.05, 3.63) is 59.4 Å². The number of nitrogens with zero attached hydrogens (tertiary/aromatic N) is 2. The minimum Gasteiger partial charge on any atom is -0.372 e. The number of aryl methyl sites for hydroxylation is 1. The molecule has 5 heteroatoms. The van der Waals surface area contributed by atoms with Gasteiger partial charge in [0.1, 0.15) is 5.82 Å². The van der Waals surface area contributed by atoms with Crippen LogP contribution in [-0.4, -0.2) is 30.1 Å². The van der Waals surface area contributed by atoms with Crippen molar-refractivity contribution in [2.45, 2.75) is 27.3 Å². The fraction of sp³-hybridized carbons (Fsp3) is 0.350. The van der Waals surface area contributed by atoms with Crippen LogP contribution in [0.5, 0.6) is 0 Å². The van der Waals surface area contributed by atoms with Gasteiger partial charge in [0.25, 0.3) is 0 Å². The number of hydrogen-bond acceptors (Lipinski definition) is 2. The van der Waals surface area contributed by atoms with Crippen molar-refractivity contribution in [3.8, 4) is 0 Å². The molecule has 0 aliphatic carbocycles. The maximum Gasteiger partial charge on any atom is 0.173 e. The third-order valence-corrected chi connectivity index (χ3v) is 4.67. The van der Waals surface area contributed by atoms with E-state index in [1.54, 1.807) is 13.0 Å². The van der Waals surface area contributed by atoms with E-state index < -0.39 is 0 Å². The molecule has 0 unspecified atom stereocenters. The van der Waals surface area contributed by atoms with E-state index in [1.165, 1.54) is 17.3 Å². The Morgan fingerprint density at radius 2 is 1.72 bits per heavy atom. The molecule has 0 aliphatic heterocycles. The lowest BCUT2D eigenvalue weighted by Gasteiger charge is -2.23. The van der Waals surface area contributed by atoms with Crippen molar-refractivity contribution in [1.82, 2.24) is 4.90 Å². The lowest BCUT2D eigenvalue weighted by Crippen LogP contribution is -2.30. The Morgan fingerprint density at radius 1 is 1.08 bits per heavy atom. The summed E-state index contributed by atoms with van der Waals surface area (Å²) >= 11 is 5.42. The van der Waals surface area contributed by atoms with Gasteiger partial charge in [0, 0.05) is 38.1 Å². The molecule has 0 atom stereocenters. The monoisotopic (exact) mass is 359 g/mol. The van der Waals surface area contributed by atoms with E-state index in [0.717, 1.165) is 13.1 Å². The second-order valence-corrected chi connectivity index (χ2v) is 6.48. The second kappa shape index (κ2) is 8.81. The van der Waals surface area contributed by atoms with Gasteiger partial charge >= 0.3 is 0 Å². The van der Waals surface area contributed by atoms with Crippen LogP contribution in [0.25, 0.3) is 0 Å². The first kappa shape index (κ1) is 19.2. The Balaban J connectivity index is 1.97. The fourth-order valence-corrected chi connectivity index (χ4v) is 2.82. The van der Waals surface area contributed by atoms with Gasteiger partial charge < -0.3 is 15.1 Å². The lowest BCUT2D eigenvalue weighted by molar-refractivity contribution is 0.508. The fourth-order valence-electron chi connectivity index (χ4n) is 2.64. The zero-order valence-electron chi connectivity index (χ0n) is 15.3. The van der Waals surface area contributed by atoms with Crippen LogP contribution in [-0.2, 0) is 6.54 Å². The predicted molar refractivity (Wildman–Crippen MR) is 109 cm³/mol. The highest BCUT2D eigenvalue weighted by Crippen LogP contribution is 2.17. The molecule has 2 aromatic rings. The summed E-state index contributed by atoms with van der Waals surface area (Å²) in [6.07, 6.45) is 0. The molecule has 1 N–H and O–H groups in total. The topological polar surface area (TPSA) is 18.5 Å². The van der Waals surface area contributed by atoms with E-state index in [0.29, 0.717) is 22.9 Å². The Morgan fingerprint density at radius 3 is 2.28 bits per heavy atom. The minimum absolute atomic E-state index is 0.234. The zero-order chi connectivity index (χ0) is 18.4. The average Bonchev–Trinajstić information content (AvgIpc) is 2.60. The smallest absolute Gasteiger partial charge is 0.173 e. The first-order valence-electron chi connectivity index (χ1n) is 8.56. The maximum absolute atomic E-state index is 13.6. The Bertz CT molecular complexity index is 711. The molecule has 0 aliphatic rings. The molecule has 25 heavy (non-hydrogen) atoms. The van der Waals surface area contributed by atoms with E-state index >= 15 is 0 Å². The Hall–Kier alpha value is -2.14. The number of anilines is 2. The predicted octanol–water partition coefficient (Wildman–Crippen LogP) is 4.81. The third-order valence-electron chi connectivity index (χ3n) is 4.25.